The molecule has 1 aromatic carbocycles. The van der Waals surface area contributed by atoms with Crippen molar-refractivity contribution in [1.82, 2.24) is 0 Å². The molecule has 0 bridgehead atoms. The molecule has 0 aliphatic carbocycles. The van der Waals surface area contributed by atoms with Crippen molar-refractivity contribution >= 4 is 17.7 Å². The molecule has 0 unspecified atom stereocenters. The molecule has 1 heterocycles. The lowest BCUT2D eigenvalue weighted by molar-refractivity contribution is 0.0696. The molecule has 13 heavy (non-hydrogen) atoms. The Morgan fingerprint density at radius 3 is 3.15 bits per heavy atom. The van der Waals surface area contributed by atoms with E-state index < -0.39 is 5.97 Å². The van der Waals surface area contributed by atoms with Gasteiger partial charge in [-0.1, -0.05) is 0 Å². The van der Waals surface area contributed by atoms with Crippen LogP contribution in [0.1, 0.15) is 10.4 Å². The van der Waals surface area contributed by atoms with Crippen molar-refractivity contribution in [3.05, 3.63) is 23.8 Å². The van der Waals surface area contributed by atoms with Crippen LogP contribution >= 0.6 is 11.8 Å². The van der Waals surface area contributed by atoms with E-state index in [1.807, 2.05) is 0 Å². The molecule has 0 amide bonds. The van der Waals surface area contributed by atoms with Crippen LogP contribution < -0.4 is 4.74 Å². The highest BCUT2D eigenvalue weighted by Crippen LogP contribution is 2.33. The Bertz CT molecular complexity index is 349. The zero-order chi connectivity index (χ0) is 9.26. The molecule has 1 aromatic rings. The normalized spacial score (nSPS) is 14.5. The lowest BCUT2D eigenvalue weighted by Gasteiger charge is -2.16. The lowest BCUT2D eigenvalue weighted by atomic mass is 10.2. The Morgan fingerprint density at radius 1 is 1.54 bits per heavy atom. The van der Waals surface area contributed by atoms with E-state index in [0.717, 1.165) is 16.4 Å². The third-order valence-electron chi connectivity index (χ3n) is 1.79. The smallest absolute Gasteiger partial charge is 0.335 e. The predicted octanol–water partition coefficient (Wildman–Crippen LogP) is 1.87. The quantitative estimate of drug-likeness (QED) is 0.744. The van der Waals surface area contributed by atoms with Gasteiger partial charge in [0.25, 0.3) is 0 Å². The maximum Gasteiger partial charge on any atom is 0.335 e. The summed E-state index contributed by atoms with van der Waals surface area (Å²) in [5.41, 5.74) is 0.316. The summed E-state index contributed by atoms with van der Waals surface area (Å²) >= 11 is 1.63. The van der Waals surface area contributed by atoms with Gasteiger partial charge in [-0.15, -0.1) is 11.8 Å². The van der Waals surface area contributed by atoms with Crippen LogP contribution in [0.2, 0.25) is 0 Å². The average Bonchev–Trinajstić information content (AvgIpc) is 2.17. The first kappa shape index (κ1) is 8.44. The monoisotopic (exact) mass is 196 g/mol. The fourth-order valence-electron chi connectivity index (χ4n) is 1.18. The first-order chi connectivity index (χ1) is 6.27. The highest BCUT2D eigenvalue weighted by Gasteiger charge is 2.13. The van der Waals surface area contributed by atoms with Crippen molar-refractivity contribution in [2.45, 2.75) is 4.90 Å². The summed E-state index contributed by atoms with van der Waals surface area (Å²) in [5, 5.41) is 8.74. The molecular weight excluding hydrogens is 188 g/mol. The first-order valence-corrected chi connectivity index (χ1v) is 4.89. The zero-order valence-corrected chi connectivity index (χ0v) is 7.63. The van der Waals surface area contributed by atoms with Crippen LogP contribution in [0.3, 0.4) is 0 Å². The number of hydrogen-bond acceptors (Lipinski definition) is 3. The molecule has 0 saturated heterocycles. The van der Waals surface area contributed by atoms with Crippen LogP contribution in [0.5, 0.6) is 5.75 Å². The van der Waals surface area contributed by atoms with Crippen LogP contribution in [-0.2, 0) is 0 Å². The molecule has 1 N–H and O–H groups in total. The minimum atomic E-state index is -0.894. The number of ether oxygens (including phenoxy) is 1. The second kappa shape index (κ2) is 3.30. The van der Waals surface area contributed by atoms with Crippen molar-refractivity contribution in [2.24, 2.45) is 0 Å². The largest absolute Gasteiger partial charge is 0.492 e. The number of benzene rings is 1. The highest BCUT2D eigenvalue weighted by molar-refractivity contribution is 7.99. The zero-order valence-electron chi connectivity index (χ0n) is 6.82. The second-order valence-electron chi connectivity index (χ2n) is 2.66. The van der Waals surface area contributed by atoms with E-state index in [2.05, 4.69) is 0 Å². The number of rotatable bonds is 1. The van der Waals surface area contributed by atoms with Gasteiger partial charge in [-0.2, -0.15) is 0 Å². The molecule has 0 atom stereocenters. The van der Waals surface area contributed by atoms with Crippen LogP contribution in [-0.4, -0.2) is 23.4 Å². The lowest BCUT2D eigenvalue weighted by Crippen LogP contribution is -2.07. The van der Waals surface area contributed by atoms with E-state index in [1.165, 1.54) is 0 Å². The third-order valence-corrected chi connectivity index (χ3v) is 2.79. The molecule has 3 nitrogen and oxygen atoms in total. The molecule has 1 aliphatic rings. The number of thioether (sulfide) groups is 1. The first-order valence-electron chi connectivity index (χ1n) is 3.90. The van der Waals surface area contributed by atoms with E-state index in [-0.39, 0.29) is 0 Å². The summed E-state index contributed by atoms with van der Waals surface area (Å²) in [4.78, 5) is 11.6. The van der Waals surface area contributed by atoms with Gasteiger partial charge in [0.2, 0.25) is 0 Å². The third kappa shape index (κ3) is 1.62. The van der Waals surface area contributed by atoms with Gasteiger partial charge in [0.15, 0.2) is 0 Å². The molecule has 0 aromatic heterocycles. The van der Waals surface area contributed by atoms with Gasteiger partial charge < -0.3 is 9.84 Å². The van der Waals surface area contributed by atoms with Gasteiger partial charge in [0.05, 0.1) is 17.1 Å². The van der Waals surface area contributed by atoms with Crippen LogP contribution in [0.25, 0.3) is 0 Å². The fraction of sp³-hybridized carbons (Fsp3) is 0.222. The molecule has 0 saturated carbocycles. The fourth-order valence-corrected chi connectivity index (χ4v) is 2.04. The Hall–Kier alpha value is -1.16. The van der Waals surface area contributed by atoms with Crippen molar-refractivity contribution in [3.8, 4) is 5.75 Å². The van der Waals surface area contributed by atoms with Gasteiger partial charge in [0.1, 0.15) is 5.75 Å². The molecule has 0 fully saturated rings. The number of aromatic carboxylic acids is 1. The summed E-state index contributed by atoms with van der Waals surface area (Å²) in [6.07, 6.45) is 0. The maximum atomic E-state index is 10.6. The molecule has 2 rings (SSSR count). The van der Waals surface area contributed by atoms with Gasteiger partial charge in [-0.25, -0.2) is 4.79 Å². The second-order valence-corrected chi connectivity index (χ2v) is 3.80. The molecule has 68 valence electrons. The number of carboxylic acid groups (broad SMARTS) is 1. The predicted molar refractivity (Wildman–Crippen MR) is 49.6 cm³/mol. The average molecular weight is 196 g/mol. The Labute approximate surface area is 79.7 Å². The van der Waals surface area contributed by atoms with Gasteiger partial charge in [0, 0.05) is 5.75 Å². The number of hydrogen-bond donors (Lipinski definition) is 1. The topological polar surface area (TPSA) is 46.5 Å². The standard InChI is InChI=1S/C9H8O3S/c10-9(11)6-1-2-7-8(5-6)13-4-3-12-7/h1-2,5H,3-4H2,(H,10,11). The molecule has 4 heteroatoms. The summed E-state index contributed by atoms with van der Waals surface area (Å²) in [6, 6.07) is 4.93. The van der Waals surface area contributed by atoms with Crippen LogP contribution in [0.4, 0.5) is 0 Å². The van der Waals surface area contributed by atoms with Crippen molar-refractivity contribution in [1.29, 1.82) is 0 Å². The van der Waals surface area contributed by atoms with E-state index in [4.69, 9.17) is 9.84 Å². The molecule has 1 aliphatic heterocycles. The summed E-state index contributed by atoms with van der Waals surface area (Å²) < 4.78 is 5.34. The van der Waals surface area contributed by atoms with Crippen molar-refractivity contribution in [2.75, 3.05) is 12.4 Å². The van der Waals surface area contributed by atoms with Gasteiger partial charge in [-0.05, 0) is 18.2 Å². The molecular formula is C9H8O3S. The van der Waals surface area contributed by atoms with Gasteiger partial charge >= 0.3 is 5.97 Å². The van der Waals surface area contributed by atoms with E-state index in [9.17, 15) is 4.79 Å². The maximum absolute atomic E-state index is 10.6. The molecule has 0 spiro atoms. The van der Waals surface area contributed by atoms with Crippen LogP contribution in [0, 0.1) is 0 Å². The van der Waals surface area contributed by atoms with E-state index in [0.29, 0.717) is 12.2 Å². The van der Waals surface area contributed by atoms with Crippen molar-refractivity contribution in [3.63, 3.8) is 0 Å². The molecule has 0 radical (unpaired) electrons. The van der Waals surface area contributed by atoms with Gasteiger partial charge in [-0.3, -0.25) is 0 Å². The van der Waals surface area contributed by atoms with Crippen molar-refractivity contribution < 1.29 is 14.6 Å². The number of carboxylic acids is 1. The summed E-state index contributed by atoms with van der Waals surface area (Å²) in [7, 11) is 0. The summed E-state index contributed by atoms with van der Waals surface area (Å²) in [5.74, 6) is 0.783. The van der Waals surface area contributed by atoms with Crippen LogP contribution in [0.15, 0.2) is 23.1 Å². The highest BCUT2D eigenvalue weighted by atomic mass is 32.2. The van der Waals surface area contributed by atoms with E-state index >= 15 is 0 Å². The number of fused-ring (bicyclic) bond motifs is 1. The minimum absolute atomic E-state index is 0.316. The SMILES string of the molecule is O=C(O)c1ccc2c(c1)SCCO2. The Morgan fingerprint density at radius 2 is 2.38 bits per heavy atom. The Kier molecular flexibility index (Phi) is 2.14. The number of carbonyl (C=O) groups is 1. The summed E-state index contributed by atoms with van der Waals surface area (Å²) in [6.45, 7) is 0.698. The van der Waals surface area contributed by atoms with E-state index in [1.54, 1.807) is 30.0 Å². The minimum Gasteiger partial charge on any atom is -0.492 e. The Balaban J connectivity index is 2.40.